The Balaban J connectivity index is 1.85. The minimum Gasteiger partial charge on any atom is -0.469 e. The quantitative estimate of drug-likeness (QED) is 0.459. The van der Waals surface area contributed by atoms with Gasteiger partial charge in [-0.2, -0.15) is 0 Å². The number of nitro groups is 1. The van der Waals surface area contributed by atoms with E-state index in [2.05, 4.69) is 17.0 Å². The zero-order chi connectivity index (χ0) is 18.5. The molecule has 6 nitrogen and oxygen atoms in total. The van der Waals surface area contributed by atoms with Crippen molar-refractivity contribution < 1.29 is 14.5 Å². The minimum atomic E-state index is -0.388. The highest BCUT2D eigenvalue weighted by Crippen LogP contribution is 2.39. The molecule has 2 atom stereocenters. The van der Waals surface area contributed by atoms with E-state index >= 15 is 0 Å². The van der Waals surface area contributed by atoms with E-state index < -0.39 is 0 Å². The van der Waals surface area contributed by atoms with E-state index in [4.69, 9.17) is 4.74 Å². The van der Waals surface area contributed by atoms with Crippen molar-refractivity contribution in [2.45, 2.75) is 25.3 Å². The number of piperidine rings is 1. The molecule has 2 unspecified atom stereocenters. The molecule has 1 aliphatic heterocycles. The predicted octanol–water partition coefficient (Wildman–Crippen LogP) is 4.12. The number of esters is 1. The van der Waals surface area contributed by atoms with Gasteiger partial charge >= 0.3 is 5.97 Å². The van der Waals surface area contributed by atoms with Crippen LogP contribution in [0.4, 0.5) is 11.4 Å². The molecule has 0 amide bonds. The average Bonchev–Trinajstić information content (AvgIpc) is 2.68. The zero-order valence-electron chi connectivity index (χ0n) is 14.7. The van der Waals surface area contributed by atoms with Crippen LogP contribution < -0.4 is 4.90 Å². The van der Waals surface area contributed by atoms with Crippen molar-refractivity contribution in [1.29, 1.82) is 0 Å². The van der Waals surface area contributed by atoms with E-state index in [1.807, 2.05) is 18.2 Å². The van der Waals surface area contributed by atoms with E-state index in [1.54, 1.807) is 12.1 Å². The van der Waals surface area contributed by atoms with Gasteiger partial charge in [0.15, 0.2) is 0 Å². The summed E-state index contributed by atoms with van der Waals surface area (Å²) in [4.78, 5) is 24.5. The molecule has 0 N–H and O–H groups in total. The lowest BCUT2D eigenvalue weighted by atomic mass is 9.85. The number of nitrogens with zero attached hydrogens (tertiary/aromatic N) is 2. The molecule has 2 aromatic carbocycles. The number of hydrogen-bond acceptors (Lipinski definition) is 5. The molecule has 136 valence electrons. The van der Waals surface area contributed by atoms with Crippen molar-refractivity contribution in [2.24, 2.45) is 5.92 Å². The fourth-order valence-electron chi connectivity index (χ4n) is 3.61. The molecule has 0 aliphatic carbocycles. The molecule has 0 spiro atoms. The van der Waals surface area contributed by atoms with E-state index in [1.165, 1.54) is 24.8 Å². The summed E-state index contributed by atoms with van der Waals surface area (Å²) >= 11 is 0. The van der Waals surface area contributed by atoms with E-state index in [-0.39, 0.29) is 28.5 Å². The normalized spacial score (nSPS) is 19.8. The Labute approximate surface area is 152 Å². The molecule has 0 aromatic heterocycles. The number of non-ortho nitro benzene ring substituents is 1. The first-order chi connectivity index (χ1) is 12.6. The highest BCUT2D eigenvalue weighted by molar-refractivity contribution is 5.69. The summed E-state index contributed by atoms with van der Waals surface area (Å²) in [5.74, 6) is 0.0903. The van der Waals surface area contributed by atoms with Gasteiger partial charge < -0.3 is 9.64 Å². The standard InChI is InChI=1S/C20H22N2O4/c1-26-20(23)14-15-11-12-21(17-7-9-18(10-8-17)22(24)25)19(13-15)16-5-3-2-4-6-16/h2-10,15,19H,11-14H2,1H3. The van der Waals surface area contributed by atoms with Crippen molar-refractivity contribution in [3.8, 4) is 0 Å². The van der Waals surface area contributed by atoms with Crippen LogP contribution in [0.2, 0.25) is 0 Å². The van der Waals surface area contributed by atoms with Crippen LogP contribution in [0.1, 0.15) is 30.9 Å². The number of nitro benzene ring substituents is 1. The zero-order valence-corrected chi connectivity index (χ0v) is 14.7. The van der Waals surface area contributed by atoms with E-state index in [0.717, 1.165) is 25.1 Å². The molecule has 1 heterocycles. The van der Waals surface area contributed by atoms with Crippen LogP contribution in [-0.2, 0) is 9.53 Å². The molecule has 2 aromatic rings. The van der Waals surface area contributed by atoms with Gasteiger partial charge in [-0.3, -0.25) is 14.9 Å². The Kier molecular flexibility index (Phi) is 5.51. The molecule has 1 fully saturated rings. The largest absolute Gasteiger partial charge is 0.469 e. The summed E-state index contributed by atoms with van der Waals surface area (Å²) in [6.45, 7) is 0.791. The summed E-state index contributed by atoms with van der Waals surface area (Å²) in [5, 5.41) is 10.9. The molecule has 0 saturated carbocycles. The number of methoxy groups -OCH3 is 1. The molecular formula is C20H22N2O4. The lowest BCUT2D eigenvalue weighted by molar-refractivity contribution is -0.384. The molecule has 6 heteroatoms. The van der Waals surface area contributed by atoms with Gasteiger partial charge in [0.1, 0.15) is 0 Å². The predicted molar refractivity (Wildman–Crippen MR) is 99.0 cm³/mol. The smallest absolute Gasteiger partial charge is 0.305 e. The Morgan fingerprint density at radius 2 is 1.88 bits per heavy atom. The first kappa shape index (κ1) is 17.9. The molecular weight excluding hydrogens is 332 g/mol. The fourth-order valence-corrected chi connectivity index (χ4v) is 3.61. The van der Waals surface area contributed by atoms with Gasteiger partial charge in [-0.05, 0) is 36.5 Å². The van der Waals surface area contributed by atoms with Crippen LogP contribution in [0.3, 0.4) is 0 Å². The van der Waals surface area contributed by atoms with Gasteiger partial charge in [-0.1, -0.05) is 30.3 Å². The van der Waals surface area contributed by atoms with Gasteiger partial charge in [0.25, 0.3) is 5.69 Å². The summed E-state index contributed by atoms with van der Waals surface area (Å²) < 4.78 is 4.82. The number of hydrogen-bond donors (Lipinski definition) is 0. The van der Waals surface area contributed by atoms with Crippen LogP contribution in [0.15, 0.2) is 54.6 Å². The number of anilines is 1. The van der Waals surface area contributed by atoms with Gasteiger partial charge in [0.05, 0.1) is 18.1 Å². The molecule has 3 rings (SSSR count). The topological polar surface area (TPSA) is 72.7 Å². The third-order valence-electron chi connectivity index (χ3n) is 4.97. The van der Waals surface area contributed by atoms with Crippen molar-refractivity contribution in [3.63, 3.8) is 0 Å². The molecule has 26 heavy (non-hydrogen) atoms. The Morgan fingerprint density at radius 3 is 2.50 bits per heavy atom. The second-order valence-electron chi connectivity index (χ2n) is 6.56. The third kappa shape index (κ3) is 4.02. The molecule has 0 radical (unpaired) electrons. The van der Waals surface area contributed by atoms with Gasteiger partial charge in [0.2, 0.25) is 0 Å². The number of benzene rings is 2. The maximum atomic E-state index is 11.7. The monoisotopic (exact) mass is 354 g/mol. The highest BCUT2D eigenvalue weighted by atomic mass is 16.6. The van der Waals surface area contributed by atoms with Crippen LogP contribution >= 0.6 is 0 Å². The van der Waals surface area contributed by atoms with Crippen LogP contribution in [0.5, 0.6) is 0 Å². The maximum absolute atomic E-state index is 11.7. The van der Waals surface area contributed by atoms with Crippen LogP contribution in [0, 0.1) is 16.0 Å². The van der Waals surface area contributed by atoms with Crippen molar-refractivity contribution in [2.75, 3.05) is 18.6 Å². The summed E-state index contributed by atoms with van der Waals surface area (Å²) in [6.07, 6.45) is 2.15. The van der Waals surface area contributed by atoms with Gasteiger partial charge in [0, 0.05) is 30.8 Å². The highest BCUT2D eigenvalue weighted by Gasteiger charge is 2.31. The van der Waals surface area contributed by atoms with Crippen molar-refractivity contribution >= 4 is 17.3 Å². The van der Waals surface area contributed by atoms with Gasteiger partial charge in [-0.15, -0.1) is 0 Å². The maximum Gasteiger partial charge on any atom is 0.305 e. The first-order valence-electron chi connectivity index (χ1n) is 8.71. The second kappa shape index (κ2) is 7.99. The fraction of sp³-hybridized carbons (Fsp3) is 0.350. The minimum absolute atomic E-state index is 0.0885. The second-order valence-corrected chi connectivity index (χ2v) is 6.56. The Bertz CT molecular complexity index is 761. The molecule has 1 saturated heterocycles. The van der Waals surface area contributed by atoms with Crippen LogP contribution in [-0.4, -0.2) is 24.5 Å². The number of carbonyl (C=O) groups excluding carboxylic acids is 1. The Hall–Kier alpha value is -2.89. The average molecular weight is 354 g/mol. The number of rotatable bonds is 5. The Morgan fingerprint density at radius 1 is 1.19 bits per heavy atom. The van der Waals surface area contributed by atoms with Crippen LogP contribution in [0.25, 0.3) is 0 Å². The van der Waals surface area contributed by atoms with E-state index in [0.29, 0.717) is 6.42 Å². The molecule has 1 aliphatic rings. The lowest BCUT2D eigenvalue weighted by Crippen LogP contribution is -2.37. The summed E-state index contributed by atoms with van der Waals surface area (Å²) in [5.41, 5.74) is 2.23. The SMILES string of the molecule is COC(=O)CC1CCN(c2ccc([N+](=O)[O-])cc2)C(c2ccccc2)C1. The summed E-state index contributed by atoms with van der Waals surface area (Å²) in [6, 6.07) is 17.0. The number of ether oxygens (including phenoxy) is 1. The van der Waals surface area contributed by atoms with Gasteiger partial charge in [-0.25, -0.2) is 0 Å². The van der Waals surface area contributed by atoms with Crippen molar-refractivity contribution in [1.82, 2.24) is 0 Å². The lowest BCUT2D eigenvalue weighted by Gasteiger charge is -2.41. The van der Waals surface area contributed by atoms with E-state index in [9.17, 15) is 14.9 Å². The summed E-state index contributed by atoms with van der Waals surface area (Å²) in [7, 11) is 1.42. The molecule has 0 bridgehead atoms. The first-order valence-corrected chi connectivity index (χ1v) is 8.71. The third-order valence-corrected chi connectivity index (χ3v) is 4.97. The van der Waals surface area contributed by atoms with Crippen molar-refractivity contribution in [3.05, 3.63) is 70.3 Å². The number of carbonyl (C=O) groups is 1.